The van der Waals surface area contributed by atoms with Crippen molar-refractivity contribution in [2.24, 2.45) is 5.92 Å². The highest BCUT2D eigenvalue weighted by molar-refractivity contribution is 5.89. The standard InChI is InChI=1S/C15H19NO/c1-11(2)10-16-8-7-14-13(9-12(3)17)5-4-6-15(14)16/h4-8,11H,9-10H2,1-3H3. The van der Waals surface area contributed by atoms with E-state index in [9.17, 15) is 4.79 Å². The van der Waals surface area contributed by atoms with Gasteiger partial charge in [0.25, 0.3) is 0 Å². The van der Waals surface area contributed by atoms with E-state index in [4.69, 9.17) is 0 Å². The van der Waals surface area contributed by atoms with Crippen molar-refractivity contribution in [3.63, 3.8) is 0 Å². The largest absolute Gasteiger partial charge is 0.347 e. The number of ketones is 1. The van der Waals surface area contributed by atoms with Gasteiger partial charge in [0.1, 0.15) is 5.78 Å². The Balaban J connectivity index is 2.45. The van der Waals surface area contributed by atoms with Crippen LogP contribution < -0.4 is 0 Å². The van der Waals surface area contributed by atoms with Gasteiger partial charge in [-0.2, -0.15) is 0 Å². The van der Waals surface area contributed by atoms with E-state index >= 15 is 0 Å². The van der Waals surface area contributed by atoms with Crippen LogP contribution in [0.3, 0.4) is 0 Å². The summed E-state index contributed by atoms with van der Waals surface area (Å²) in [5, 5.41) is 1.21. The van der Waals surface area contributed by atoms with Gasteiger partial charge in [-0.15, -0.1) is 0 Å². The van der Waals surface area contributed by atoms with E-state index in [2.05, 4.69) is 36.7 Å². The molecule has 1 aromatic carbocycles. The quantitative estimate of drug-likeness (QED) is 0.787. The zero-order valence-electron chi connectivity index (χ0n) is 10.7. The zero-order valence-corrected chi connectivity index (χ0v) is 10.7. The Morgan fingerprint density at radius 2 is 2.06 bits per heavy atom. The molecule has 1 heterocycles. The van der Waals surface area contributed by atoms with E-state index in [0.717, 1.165) is 12.1 Å². The average Bonchev–Trinajstić information content (AvgIpc) is 2.61. The molecule has 17 heavy (non-hydrogen) atoms. The normalized spacial score (nSPS) is 11.3. The Bertz CT molecular complexity index is 537. The minimum Gasteiger partial charge on any atom is -0.347 e. The van der Waals surface area contributed by atoms with Crippen molar-refractivity contribution >= 4 is 16.7 Å². The maximum absolute atomic E-state index is 11.2. The smallest absolute Gasteiger partial charge is 0.134 e. The molecule has 0 bridgehead atoms. The molecule has 2 nitrogen and oxygen atoms in total. The number of aromatic nitrogens is 1. The Labute approximate surface area is 102 Å². The number of hydrogen-bond donors (Lipinski definition) is 0. The van der Waals surface area contributed by atoms with Gasteiger partial charge in [0, 0.05) is 30.1 Å². The molecule has 0 unspecified atom stereocenters. The lowest BCUT2D eigenvalue weighted by atomic mass is 10.1. The molecule has 0 aliphatic rings. The molecular weight excluding hydrogens is 210 g/mol. The summed E-state index contributed by atoms with van der Waals surface area (Å²) >= 11 is 0. The molecule has 2 heteroatoms. The summed E-state index contributed by atoms with van der Waals surface area (Å²) in [4.78, 5) is 11.2. The third kappa shape index (κ3) is 2.57. The fourth-order valence-electron chi connectivity index (χ4n) is 2.26. The first kappa shape index (κ1) is 11.9. The van der Waals surface area contributed by atoms with Crippen LogP contribution in [0, 0.1) is 5.92 Å². The van der Waals surface area contributed by atoms with Gasteiger partial charge in [-0.25, -0.2) is 0 Å². The van der Waals surface area contributed by atoms with Crippen molar-refractivity contribution in [1.82, 2.24) is 4.57 Å². The van der Waals surface area contributed by atoms with Gasteiger partial charge in [0.15, 0.2) is 0 Å². The number of hydrogen-bond acceptors (Lipinski definition) is 1. The summed E-state index contributed by atoms with van der Waals surface area (Å²) in [6.07, 6.45) is 2.65. The molecule has 0 saturated heterocycles. The molecular formula is C15H19NO. The van der Waals surface area contributed by atoms with Crippen LogP contribution in [0.5, 0.6) is 0 Å². The average molecular weight is 229 g/mol. The fraction of sp³-hybridized carbons (Fsp3) is 0.400. The van der Waals surface area contributed by atoms with Gasteiger partial charge in [-0.05, 0) is 30.5 Å². The fourth-order valence-corrected chi connectivity index (χ4v) is 2.26. The van der Waals surface area contributed by atoms with Crippen LogP contribution >= 0.6 is 0 Å². The monoisotopic (exact) mass is 229 g/mol. The number of carbonyl (C=O) groups is 1. The Hall–Kier alpha value is -1.57. The van der Waals surface area contributed by atoms with Crippen molar-refractivity contribution in [2.45, 2.75) is 33.7 Å². The van der Waals surface area contributed by atoms with Crippen molar-refractivity contribution < 1.29 is 4.79 Å². The Morgan fingerprint density at radius 3 is 2.71 bits per heavy atom. The van der Waals surface area contributed by atoms with Crippen LogP contribution in [0.25, 0.3) is 10.9 Å². The lowest BCUT2D eigenvalue weighted by molar-refractivity contribution is -0.116. The molecule has 0 amide bonds. The van der Waals surface area contributed by atoms with Gasteiger partial charge in [-0.3, -0.25) is 4.79 Å². The lowest BCUT2D eigenvalue weighted by Crippen LogP contribution is -2.03. The van der Waals surface area contributed by atoms with Crippen molar-refractivity contribution in [1.29, 1.82) is 0 Å². The van der Waals surface area contributed by atoms with Gasteiger partial charge >= 0.3 is 0 Å². The molecule has 0 radical (unpaired) electrons. The molecule has 2 rings (SSSR count). The van der Waals surface area contributed by atoms with E-state index in [0.29, 0.717) is 12.3 Å². The molecule has 0 fully saturated rings. The highest BCUT2D eigenvalue weighted by Gasteiger charge is 2.07. The van der Waals surface area contributed by atoms with Crippen molar-refractivity contribution in [2.75, 3.05) is 0 Å². The second-order valence-electron chi connectivity index (χ2n) is 5.09. The van der Waals surface area contributed by atoms with Crippen molar-refractivity contribution in [3.8, 4) is 0 Å². The van der Waals surface area contributed by atoms with Gasteiger partial charge in [0.05, 0.1) is 0 Å². The second-order valence-corrected chi connectivity index (χ2v) is 5.09. The first-order valence-corrected chi connectivity index (χ1v) is 6.14. The summed E-state index contributed by atoms with van der Waals surface area (Å²) in [6, 6.07) is 8.33. The van der Waals surface area contributed by atoms with Crippen LogP contribution in [-0.2, 0) is 17.8 Å². The molecule has 0 N–H and O–H groups in total. The first-order chi connectivity index (χ1) is 8.08. The minimum atomic E-state index is 0.217. The molecule has 0 aliphatic carbocycles. The number of benzene rings is 1. The second kappa shape index (κ2) is 4.74. The molecule has 0 saturated carbocycles. The van der Waals surface area contributed by atoms with Crippen LogP contribution in [0.15, 0.2) is 30.5 Å². The first-order valence-electron chi connectivity index (χ1n) is 6.14. The number of Topliss-reactive ketones (excluding diaryl/α,β-unsaturated/α-hetero) is 1. The third-order valence-corrected chi connectivity index (χ3v) is 2.91. The molecule has 2 aromatic rings. The van der Waals surface area contributed by atoms with Crippen LogP contribution in [0.4, 0.5) is 0 Å². The summed E-state index contributed by atoms with van der Waals surface area (Å²) in [6.45, 7) is 7.09. The maximum Gasteiger partial charge on any atom is 0.134 e. The highest BCUT2D eigenvalue weighted by atomic mass is 16.1. The lowest BCUT2D eigenvalue weighted by Gasteiger charge is -2.09. The van der Waals surface area contributed by atoms with E-state index in [1.54, 1.807) is 6.92 Å². The van der Waals surface area contributed by atoms with Gasteiger partial charge in [0.2, 0.25) is 0 Å². The molecule has 1 aromatic heterocycles. The Morgan fingerprint density at radius 1 is 1.29 bits per heavy atom. The predicted octanol–water partition coefficient (Wildman–Crippen LogP) is 3.43. The molecule has 0 atom stereocenters. The highest BCUT2D eigenvalue weighted by Crippen LogP contribution is 2.21. The molecule has 0 aliphatic heterocycles. The van der Waals surface area contributed by atoms with E-state index in [1.165, 1.54) is 10.9 Å². The van der Waals surface area contributed by atoms with Gasteiger partial charge in [-0.1, -0.05) is 26.0 Å². The van der Waals surface area contributed by atoms with E-state index in [1.807, 2.05) is 12.1 Å². The summed E-state index contributed by atoms with van der Waals surface area (Å²) in [5.41, 5.74) is 2.37. The summed E-state index contributed by atoms with van der Waals surface area (Å²) in [5.74, 6) is 0.844. The summed E-state index contributed by atoms with van der Waals surface area (Å²) < 4.78 is 2.27. The van der Waals surface area contributed by atoms with Crippen LogP contribution in [0.1, 0.15) is 26.3 Å². The van der Waals surface area contributed by atoms with E-state index in [-0.39, 0.29) is 5.78 Å². The topological polar surface area (TPSA) is 22.0 Å². The van der Waals surface area contributed by atoms with E-state index < -0.39 is 0 Å². The number of carbonyl (C=O) groups excluding carboxylic acids is 1. The third-order valence-electron chi connectivity index (χ3n) is 2.91. The number of fused-ring (bicyclic) bond motifs is 1. The molecule has 0 spiro atoms. The summed E-state index contributed by atoms with van der Waals surface area (Å²) in [7, 11) is 0. The SMILES string of the molecule is CC(=O)Cc1cccc2c1ccn2CC(C)C. The minimum absolute atomic E-state index is 0.217. The van der Waals surface area contributed by atoms with Crippen LogP contribution in [0.2, 0.25) is 0 Å². The van der Waals surface area contributed by atoms with Gasteiger partial charge < -0.3 is 4.57 Å². The Kier molecular flexibility index (Phi) is 3.32. The van der Waals surface area contributed by atoms with Crippen LogP contribution in [-0.4, -0.2) is 10.4 Å². The number of nitrogens with zero attached hydrogens (tertiary/aromatic N) is 1. The predicted molar refractivity (Wildman–Crippen MR) is 71.2 cm³/mol. The molecule has 90 valence electrons. The number of rotatable bonds is 4. The van der Waals surface area contributed by atoms with Crippen molar-refractivity contribution in [3.05, 3.63) is 36.0 Å². The maximum atomic E-state index is 11.2. The zero-order chi connectivity index (χ0) is 12.4.